The largest absolute Gasteiger partial charge is 0.354 e. The number of amides is 2. The molecule has 1 spiro atoms. The fraction of sp³-hybridized carbons (Fsp3) is 0.524. The number of ether oxygens (including phenoxy) is 1. The van der Waals surface area contributed by atoms with Crippen molar-refractivity contribution in [1.29, 1.82) is 0 Å². The molecular weight excluding hydrogens is 370 g/mol. The molecule has 1 N–H and O–H groups in total. The molecule has 2 aliphatic rings. The lowest BCUT2D eigenvalue weighted by Crippen LogP contribution is -2.55. The molecule has 4 rings (SSSR count). The van der Waals surface area contributed by atoms with Crippen molar-refractivity contribution in [2.45, 2.75) is 44.9 Å². The van der Waals surface area contributed by atoms with Gasteiger partial charge in [-0.2, -0.15) is 0 Å². The summed E-state index contributed by atoms with van der Waals surface area (Å²) < 4.78 is 8.39. The molecule has 0 aliphatic carbocycles. The molecule has 0 aromatic carbocycles. The van der Waals surface area contributed by atoms with Crippen molar-refractivity contribution in [3.63, 3.8) is 0 Å². The number of imidazole rings is 1. The van der Waals surface area contributed by atoms with Gasteiger partial charge in [0.15, 0.2) is 6.10 Å². The fourth-order valence-corrected chi connectivity index (χ4v) is 4.02. The lowest BCUT2D eigenvalue weighted by Gasteiger charge is -2.45. The van der Waals surface area contributed by atoms with Crippen LogP contribution in [-0.4, -0.2) is 57.0 Å². The third-order valence-electron chi connectivity index (χ3n) is 5.57. The second kappa shape index (κ2) is 7.94. The van der Waals surface area contributed by atoms with Gasteiger partial charge in [-0.15, -0.1) is 0 Å². The van der Waals surface area contributed by atoms with Crippen molar-refractivity contribution in [3.8, 4) is 0 Å². The quantitative estimate of drug-likeness (QED) is 0.846. The molecule has 1 saturated heterocycles. The van der Waals surface area contributed by atoms with E-state index in [1.165, 1.54) is 0 Å². The molecule has 29 heavy (non-hydrogen) atoms. The Hall–Kier alpha value is -2.74. The molecule has 8 heteroatoms. The van der Waals surface area contributed by atoms with Gasteiger partial charge in [-0.3, -0.25) is 14.6 Å². The van der Waals surface area contributed by atoms with Gasteiger partial charge in [-0.25, -0.2) is 4.98 Å². The van der Waals surface area contributed by atoms with E-state index in [9.17, 15) is 9.59 Å². The van der Waals surface area contributed by atoms with Gasteiger partial charge in [0.2, 0.25) is 0 Å². The highest BCUT2D eigenvalue weighted by Gasteiger charge is 2.47. The van der Waals surface area contributed by atoms with E-state index in [-0.39, 0.29) is 11.8 Å². The number of nitrogens with zero attached hydrogens (tertiary/aromatic N) is 4. The van der Waals surface area contributed by atoms with Crippen molar-refractivity contribution in [2.24, 2.45) is 5.92 Å². The summed E-state index contributed by atoms with van der Waals surface area (Å²) in [6, 6.07) is 5.33. The van der Waals surface area contributed by atoms with Crippen LogP contribution in [0.5, 0.6) is 0 Å². The first kappa shape index (κ1) is 19.6. The first-order chi connectivity index (χ1) is 14.0. The zero-order chi connectivity index (χ0) is 20.4. The number of carbonyl (C=O) groups is 2. The van der Waals surface area contributed by atoms with Crippen LogP contribution < -0.4 is 5.32 Å². The lowest BCUT2D eigenvalue weighted by atomic mass is 9.88. The number of carbonyl (C=O) groups excluding carboxylic acids is 2. The molecule has 8 nitrogen and oxygen atoms in total. The molecule has 0 saturated carbocycles. The Morgan fingerprint density at radius 2 is 2.03 bits per heavy atom. The van der Waals surface area contributed by atoms with E-state index in [2.05, 4.69) is 29.1 Å². The van der Waals surface area contributed by atoms with Gasteiger partial charge in [-0.05, 0) is 18.1 Å². The second-order valence-corrected chi connectivity index (χ2v) is 8.15. The zero-order valence-electron chi connectivity index (χ0n) is 16.9. The Bertz CT molecular complexity index is 871. The number of nitrogens with one attached hydrogen (secondary N) is 1. The number of likely N-dealkylation sites (tertiary alicyclic amines) is 1. The molecule has 154 valence electrons. The van der Waals surface area contributed by atoms with Crippen molar-refractivity contribution in [1.82, 2.24) is 24.8 Å². The molecule has 2 amide bonds. The third-order valence-corrected chi connectivity index (χ3v) is 5.57. The van der Waals surface area contributed by atoms with E-state index in [1.54, 1.807) is 29.4 Å². The Morgan fingerprint density at radius 1 is 1.24 bits per heavy atom. The smallest absolute Gasteiger partial charge is 0.272 e. The number of pyridine rings is 1. The van der Waals surface area contributed by atoms with E-state index >= 15 is 0 Å². The Kier molecular flexibility index (Phi) is 5.36. The van der Waals surface area contributed by atoms with Crippen LogP contribution in [0.1, 0.15) is 43.0 Å². The summed E-state index contributed by atoms with van der Waals surface area (Å²) in [5, 5.41) is 2.97. The molecule has 1 atom stereocenters. The van der Waals surface area contributed by atoms with Crippen LogP contribution in [0.4, 0.5) is 0 Å². The summed E-state index contributed by atoms with van der Waals surface area (Å²) >= 11 is 0. The van der Waals surface area contributed by atoms with Crippen molar-refractivity contribution < 1.29 is 14.3 Å². The van der Waals surface area contributed by atoms with Crippen LogP contribution in [0.3, 0.4) is 0 Å². The number of piperidine rings is 1. The zero-order valence-corrected chi connectivity index (χ0v) is 16.9. The van der Waals surface area contributed by atoms with Crippen molar-refractivity contribution >= 4 is 11.8 Å². The van der Waals surface area contributed by atoms with E-state index in [1.807, 2.05) is 16.8 Å². The molecule has 1 fully saturated rings. The third kappa shape index (κ3) is 3.89. The Balaban J connectivity index is 1.49. The van der Waals surface area contributed by atoms with E-state index < -0.39 is 11.7 Å². The number of aromatic nitrogens is 3. The second-order valence-electron chi connectivity index (χ2n) is 8.15. The maximum atomic E-state index is 12.7. The van der Waals surface area contributed by atoms with Crippen molar-refractivity contribution in [3.05, 3.63) is 48.3 Å². The fourth-order valence-electron chi connectivity index (χ4n) is 4.02. The van der Waals surface area contributed by atoms with Gasteiger partial charge in [-0.1, -0.05) is 19.9 Å². The van der Waals surface area contributed by atoms with E-state index in [0.717, 1.165) is 5.82 Å². The monoisotopic (exact) mass is 397 g/mol. The molecular formula is C21H27N5O3. The summed E-state index contributed by atoms with van der Waals surface area (Å²) in [7, 11) is 0. The molecule has 2 aromatic heterocycles. The topological polar surface area (TPSA) is 89.4 Å². The summed E-state index contributed by atoms with van der Waals surface area (Å²) in [6.07, 6.45) is 5.90. The van der Waals surface area contributed by atoms with Crippen LogP contribution in [0.2, 0.25) is 0 Å². The standard InChI is InChI=1S/C21H27N5O3/c1-15(2)13-24-18(27)17-14-26-12-9-23-20(26)21(29-17)6-10-25(11-7-21)19(28)16-5-3-4-8-22-16/h3-5,8-9,12,15,17H,6-7,10-11,13-14H2,1-2H3,(H,24,27)/t17-/m1/s1. The maximum absolute atomic E-state index is 12.7. The molecule has 0 unspecified atom stereocenters. The highest BCUT2D eigenvalue weighted by molar-refractivity contribution is 5.92. The number of fused-ring (bicyclic) bond motifs is 2. The number of hydrogen-bond donors (Lipinski definition) is 1. The average Bonchev–Trinajstić information content (AvgIpc) is 3.22. The normalized spacial score (nSPS) is 20.5. The highest BCUT2D eigenvalue weighted by atomic mass is 16.5. The van der Waals surface area contributed by atoms with E-state index in [4.69, 9.17) is 4.74 Å². The predicted molar refractivity (Wildman–Crippen MR) is 106 cm³/mol. The molecule has 4 heterocycles. The Labute approximate surface area is 170 Å². The molecule has 2 aliphatic heterocycles. The van der Waals surface area contributed by atoms with Gasteiger partial charge < -0.3 is 19.5 Å². The van der Waals surface area contributed by atoms with Gasteiger partial charge in [0.1, 0.15) is 17.1 Å². The van der Waals surface area contributed by atoms with Crippen LogP contribution in [0, 0.1) is 5.92 Å². The van der Waals surface area contributed by atoms with Gasteiger partial charge >= 0.3 is 0 Å². The summed E-state index contributed by atoms with van der Waals surface area (Å²) in [5.74, 6) is 1.05. The predicted octanol–water partition coefficient (Wildman–Crippen LogP) is 1.58. The minimum atomic E-state index is -0.650. The molecule has 0 radical (unpaired) electrons. The molecule has 2 aromatic rings. The summed E-state index contributed by atoms with van der Waals surface area (Å²) in [6.45, 7) is 6.26. The van der Waals surface area contributed by atoms with Crippen molar-refractivity contribution in [2.75, 3.05) is 19.6 Å². The van der Waals surface area contributed by atoms with Gasteiger partial charge in [0, 0.05) is 51.1 Å². The number of hydrogen-bond acceptors (Lipinski definition) is 5. The van der Waals surface area contributed by atoms with Gasteiger partial charge in [0.25, 0.3) is 11.8 Å². The van der Waals surface area contributed by atoms with Crippen LogP contribution in [0.15, 0.2) is 36.8 Å². The van der Waals surface area contributed by atoms with Crippen LogP contribution in [0.25, 0.3) is 0 Å². The van der Waals surface area contributed by atoms with Gasteiger partial charge in [0.05, 0.1) is 6.54 Å². The first-order valence-electron chi connectivity index (χ1n) is 10.2. The molecule has 0 bridgehead atoms. The maximum Gasteiger partial charge on any atom is 0.272 e. The minimum absolute atomic E-state index is 0.0779. The minimum Gasteiger partial charge on any atom is -0.354 e. The van der Waals surface area contributed by atoms with E-state index in [0.29, 0.717) is 50.6 Å². The number of rotatable bonds is 4. The lowest BCUT2D eigenvalue weighted by molar-refractivity contribution is -0.172. The van der Waals surface area contributed by atoms with Crippen LogP contribution >= 0.6 is 0 Å². The van der Waals surface area contributed by atoms with Crippen LogP contribution in [-0.2, 0) is 21.7 Å². The summed E-state index contributed by atoms with van der Waals surface area (Å²) in [4.78, 5) is 35.9. The summed E-state index contributed by atoms with van der Waals surface area (Å²) in [5.41, 5.74) is -0.205. The average molecular weight is 397 g/mol. The Morgan fingerprint density at radius 3 is 2.72 bits per heavy atom. The first-order valence-corrected chi connectivity index (χ1v) is 10.2. The highest BCUT2D eigenvalue weighted by Crippen LogP contribution is 2.40. The SMILES string of the molecule is CC(C)CNC(=O)[C@H]1Cn2ccnc2C2(CCN(C(=O)c3ccccn3)CC2)O1.